The van der Waals surface area contributed by atoms with Gasteiger partial charge in [-0.15, -0.1) is 0 Å². The summed E-state index contributed by atoms with van der Waals surface area (Å²) in [6.45, 7) is -0.181. The molecule has 20 rings (SSSR count). The fourth-order valence-electron chi connectivity index (χ4n) is 13.8. The van der Waals surface area contributed by atoms with E-state index in [1.54, 1.807) is 24.3 Å². The molecule has 2 heterocycles. The van der Waals surface area contributed by atoms with Gasteiger partial charge in [0.05, 0.1) is 22.4 Å². The Morgan fingerprint density at radius 3 is 0.677 bits per heavy atom. The Hall–Kier alpha value is -9.42. The van der Waals surface area contributed by atoms with Gasteiger partial charge in [0, 0.05) is 57.9 Å². The average Bonchev–Trinajstić information content (AvgIpc) is 0.780. The number of carbonyl (C=O) groups excluding carboxylic acids is 1. The molecule has 0 amide bonds. The Morgan fingerprint density at radius 1 is 0.256 bits per heavy atom. The second-order valence-electron chi connectivity index (χ2n) is 28.5. The van der Waals surface area contributed by atoms with E-state index in [0.29, 0.717) is 21.3 Å². The molecule has 0 unspecified atom stereocenters. The van der Waals surface area contributed by atoms with E-state index in [1.807, 2.05) is 115 Å². The molecule has 2 aromatic heterocycles. The molecular weight excluding hydrogens is 1920 g/mol. The zero-order valence-corrected chi connectivity index (χ0v) is 86.6. The van der Waals surface area contributed by atoms with Crippen LogP contribution in [0.15, 0.2) is 522 Å². The fraction of sp³-hybridized carbons (Fsp3) is 0. The third-order valence-electron chi connectivity index (χ3n) is 19.8. The van der Waals surface area contributed by atoms with Gasteiger partial charge in [0.15, 0.2) is 5.82 Å². The summed E-state index contributed by atoms with van der Waals surface area (Å²) in [4.78, 5) is 29.3. The van der Waals surface area contributed by atoms with Crippen molar-refractivity contribution in [2.75, 3.05) is 0 Å². The van der Waals surface area contributed by atoms with E-state index in [4.69, 9.17) is 64.9 Å². The van der Waals surface area contributed by atoms with Crippen LogP contribution in [0.2, 0.25) is 15.3 Å². The number of aromatic nitrogens is 4. The van der Waals surface area contributed by atoms with Gasteiger partial charge in [-0.2, -0.15) is 0 Å². The molecule has 0 aliphatic carbocycles. The maximum Gasteiger partial charge on any atom is 1.00 e. The number of fused-ring (bicyclic) bond motifs is 2. The minimum absolute atomic E-state index is 0. The van der Waals surface area contributed by atoms with Crippen LogP contribution in [0.25, 0.3) is 55.7 Å². The van der Waals surface area contributed by atoms with Crippen LogP contribution in [0, 0.1) is 0 Å². The number of hydrogen-bond donors (Lipinski definition) is 2. The van der Waals surface area contributed by atoms with Gasteiger partial charge in [0.1, 0.15) is 0 Å². The van der Waals surface area contributed by atoms with Gasteiger partial charge in [0.2, 0.25) is 5.28 Å². The summed E-state index contributed by atoms with van der Waals surface area (Å²) >= 11 is 17.5. The molecule has 0 bridgehead atoms. The van der Waals surface area contributed by atoms with Crippen molar-refractivity contribution < 1.29 is 150 Å². The van der Waals surface area contributed by atoms with Crippen molar-refractivity contribution in [3.05, 3.63) is 537 Å². The Kier molecular flexibility index (Phi) is 46.7. The minimum atomic E-state index is -1.41. The molecular formula is C113H90BCl3K2N4O5P4Pd. The standard InChI is InChI=1S/C20H13ClN2.4C18H15P.C14H9ClN2.C6H6BClO2.CH2O3.2K.Pd.H/c21-16-12-10-15(11-13-16)20-22-18-9-5-4-8-17(18)19(23-20)14-6-2-1-3-7-14;4*1-4-10-16(11-5-1)19(17-12-6-2-7-13-17)18-14-8-3-9-15-18;15-14-16-12-9-5-4-8-11(12)13(17-14)10-6-2-1-3-7-10;8-6-3-1-5(2-4-6)7(9)10;2-1-4-3;;;;/h1-13H;4*1-15H;1-9H;1-4,9-10H;1,3H;;;;/q;;;;;;;;2*+1;;-1/p-1. The number of rotatable bonds is 17. The molecule has 0 atom stereocenters. The topological polar surface area (TPSA) is 141 Å². The predicted octanol–water partition coefficient (Wildman–Crippen LogP) is 15.9. The fourth-order valence-corrected chi connectivity index (χ4v) is 23.5. The molecule has 0 saturated heterocycles. The quantitative estimate of drug-likeness (QED) is 0.0228. The Morgan fingerprint density at radius 2 is 0.451 bits per heavy atom. The summed E-state index contributed by atoms with van der Waals surface area (Å²) in [5.41, 5.74) is 7.16. The first-order valence-corrected chi connectivity index (χ1v) is 48.3. The van der Waals surface area contributed by atoms with Crippen molar-refractivity contribution in [2.45, 2.75) is 0 Å². The molecule has 0 spiro atoms. The van der Waals surface area contributed by atoms with Crippen molar-refractivity contribution in [3.63, 3.8) is 0 Å². The van der Waals surface area contributed by atoms with E-state index in [0.717, 1.165) is 49.9 Å². The van der Waals surface area contributed by atoms with Gasteiger partial charge in [-0.3, -0.25) is 4.79 Å². The number of hydrogen-bond acceptors (Lipinski definition) is 9. The van der Waals surface area contributed by atoms with E-state index in [-0.39, 0.29) is 136 Å². The monoisotopic (exact) mass is 2010 g/mol. The van der Waals surface area contributed by atoms with Gasteiger partial charge in [-0.05, 0) is 161 Å². The second-order valence-corrected chi connectivity index (χ2v) is 38.6. The third kappa shape index (κ3) is 32.7. The van der Waals surface area contributed by atoms with Gasteiger partial charge in [-0.25, -0.2) is 19.9 Å². The summed E-state index contributed by atoms with van der Waals surface area (Å²) in [5.74, 6) is 0.708. The average molecular weight is 2010 g/mol. The molecule has 20 heteroatoms. The SMILES string of the molecule is Clc1ccc(-c2nc(-c3ccccc3)c3ccccc3n2)cc1.Clc1nc(-c2ccccc2)c2ccccc2n1.O=CO[O-].OB(O)c1ccc(Cl)cc1.[H-].[K+].[K+].[Pd].c1ccc(P(c2ccccc2)c2ccccc2)cc1.c1ccc(P(c2ccccc2)c2ccccc2)cc1.c1ccc(P(c2ccccc2)c2ccccc2)cc1.c1ccc(P(c2ccccc2)c2ccccc2)cc1. The molecule has 0 aliphatic rings. The van der Waals surface area contributed by atoms with Crippen molar-refractivity contribution in [1.29, 1.82) is 0 Å². The van der Waals surface area contributed by atoms with E-state index < -0.39 is 38.8 Å². The summed E-state index contributed by atoms with van der Waals surface area (Å²) in [6.07, 6.45) is 0. The summed E-state index contributed by atoms with van der Waals surface area (Å²) < 4.78 is 0. The van der Waals surface area contributed by atoms with Crippen LogP contribution in [-0.2, 0) is 30.1 Å². The minimum Gasteiger partial charge on any atom is -1.00 e. The van der Waals surface area contributed by atoms with Gasteiger partial charge in [-0.1, -0.05) is 496 Å². The largest absolute Gasteiger partial charge is 1.00 e. The zero-order chi connectivity index (χ0) is 90.0. The Balaban J connectivity index is 0.000000175. The Labute approximate surface area is 900 Å². The smallest absolute Gasteiger partial charge is 1.00 e. The van der Waals surface area contributed by atoms with Crippen LogP contribution in [0.3, 0.4) is 0 Å². The van der Waals surface area contributed by atoms with Gasteiger partial charge in [0.25, 0.3) is 6.47 Å². The van der Waals surface area contributed by atoms with E-state index in [1.165, 1.54) is 63.7 Å². The van der Waals surface area contributed by atoms with Crippen molar-refractivity contribution in [3.8, 4) is 33.9 Å². The van der Waals surface area contributed by atoms with Crippen LogP contribution in [-0.4, -0.2) is 43.6 Å². The first kappa shape index (κ1) is 106. The summed E-state index contributed by atoms with van der Waals surface area (Å²) in [6, 6.07) is 179. The molecule has 648 valence electrons. The first-order valence-electron chi connectivity index (χ1n) is 41.8. The van der Waals surface area contributed by atoms with Crippen LogP contribution in [0.1, 0.15) is 1.43 Å². The van der Waals surface area contributed by atoms with E-state index >= 15 is 0 Å². The van der Waals surface area contributed by atoms with Crippen molar-refractivity contribution in [2.24, 2.45) is 0 Å². The molecule has 18 aromatic carbocycles. The maximum atomic E-state index is 8.64. The molecule has 0 radical (unpaired) electrons. The van der Waals surface area contributed by atoms with E-state index in [2.05, 4.69) is 397 Å². The molecule has 0 saturated carbocycles. The second kappa shape index (κ2) is 58.8. The number of benzene rings is 18. The predicted molar refractivity (Wildman–Crippen MR) is 556 cm³/mol. The number of halogens is 3. The number of para-hydroxylation sites is 2. The number of carbonyl (C=O) groups is 1. The molecule has 2 N–H and O–H groups in total. The molecule has 20 aromatic rings. The Bertz CT molecular complexity index is 5830. The molecule has 0 fully saturated rings. The zero-order valence-electron chi connectivity index (χ0n) is 74.0. The van der Waals surface area contributed by atoms with Crippen LogP contribution >= 0.6 is 66.5 Å². The van der Waals surface area contributed by atoms with Gasteiger partial charge < -0.3 is 21.6 Å². The van der Waals surface area contributed by atoms with Crippen LogP contribution in [0.4, 0.5) is 0 Å². The summed E-state index contributed by atoms with van der Waals surface area (Å²) in [5, 5.41) is 46.1. The third-order valence-corrected chi connectivity index (χ3v) is 30.2. The normalized spacial score (nSPS) is 10.2. The molecule has 9 nitrogen and oxygen atoms in total. The van der Waals surface area contributed by atoms with E-state index in [9.17, 15) is 0 Å². The van der Waals surface area contributed by atoms with Crippen LogP contribution in [0.5, 0.6) is 0 Å². The molecule has 133 heavy (non-hydrogen) atoms. The van der Waals surface area contributed by atoms with Crippen molar-refractivity contribution >= 4 is 171 Å². The maximum absolute atomic E-state index is 8.64. The summed E-state index contributed by atoms with van der Waals surface area (Å²) in [7, 11) is -3.19. The number of nitrogens with zero attached hydrogens (tertiary/aromatic N) is 4. The van der Waals surface area contributed by atoms with Crippen molar-refractivity contribution in [1.82, 2.24) is 19.9 Å². The molecule has 0 aliphatic heterocycles. The van der Waals surface area contributed by atoms with Gasteiger partial charge >= 0.3 is 110 Å². The first-order chi connectivity index (χ1) is 64.1. The van der Waals surface area contributed by atoms with Crippen LogP contribution < -0.4 is 177 Å².